The Kier molecular flexibility index (Phi) is 8.56. The second-order valence-corrected chi connectivity index (χ2v) is 8.72. The van der Waals surface area contributed by atoms with Crippen LogP contribution in [0.5, 0.6) is 5.75 Å². The van der Waals surface area contributed by atoms with Gasteiger partial charge in [-0.3, -0.25) is 9.59 Å². The molecule has 32 heavy (non-hydrogen) atoms. The average Bonchev–Trinajstić information content (AvgIpc) is 2.81. The summed E-state index contributed by atoms with van der Waals surface area (Å²) in [7, 11) is 1.56. The van der Waals surface area contributed by atoms with Crippen molar-refractivity contribution in [3.8, 4) is 5.75 Å². The zero-order valence-electron chi connectivity index (χ0n) is 18.3. The SMILES string of the molecule is COc1cccc(NC(=O)CSc2ccccc2C(=O)OCC(=O)N2CCC(C)CC2)c1. The summed E-state index contributed by atoms with van der Waals surface area (Å²) in [6.07, 6.45) is 1.94. The summed E-state index contributed by atoms with van der Waals surface area (Å²) in [5.74, 6) is 0.435. The predicted molar refractivity (Wildman–Crippen MR) is 124 cm³/mol. The van der Waals surface area contributed by atoms with Crippen LogP contribution in [0.25, 0.3) is 0 Å². The summed E-state index contributed by atoms with van der Waals surface area (Å²) in [6.45, 7) is 3.30. The average molecular weight is 457 g/mol. The van der Waals surface area contributed by atoms with Crippen molar-refractivity contribution in [3.63, 3.8) is 0 Å². The van der Waals surface area contributed by atoms with Crippen molar-refractivity contribution >= 4 is 35.2 Å². The zero-order valence-corrected chi connectivity index (χ0v) is 19.2. The number of nitrogens with zero attached hydrogens (tertiary/aromatic N) is 1. The normalized spacial score (nSPS) is 14.0. The van der Waals surface area contributed by atoms with Crippen molar-refractivity contribution in [2.24, 2.45) is 5.92 Å². The van der Waals surface area contributed by atoms with E-state index in [-0.39, 0.29) is 24.2 Å². The molecule has 170 valence electrons. The summed E-state index contributed by atoms with van der Waals surface area (Å²) in [4.78, 5) is 39.6. The van der Waals surface area contributed by atoms with Gasteiger partial charge >= 0.3 is 5.97 Å². The number of carbonyl (C=O) groups excluding carboxylic acids is 3. The maximum Gasteiger partial charge on any atom is 0.339 e. The maximum atomic E-state index is 12.6. The number of hydrogen-bond donors (Lipinski definition) is 1. The summed E-state index contributed by atoms with van der Waals surface area (Å²) >= 11 is 1.24. The molecule has 7 nitrogen and oxygen atoms in total. The summed E-state index contributed by atoms with van der Waals surface area (Å²) in [5.41, 5.74) is 0.972. The van der Waals surface area contributed by atoms with Crippen molar-refractivity contribution < 1.29 is 23.9 Å². The zero-order chi connectivity index (χ0) is 22.9. The van der Waals surface area contributed by atoms with Gasteiger partial charge in [0.05, 0.1) is 18.4 Å². The Labute approximate surface area is 192 Å². The van der Waals surface area contributed by atoms with Gasteiger partial charge < -0.3 is 19.7 Å². The Bertz CT molecular complexity index is 957. The minimum absolute atomic E-state index is 0.117. The summed E-state index contributed by atoms with van der Waals surface area (Å²) < 4.78 is 10.4. The number of benzene rings is 2. The first-order valence-corrected chi connectivity index (χ1v) is 11.6. The fourth-order valence-corrected chi connectivity index (χ4v) is 4.20. The number of likely N-dealkylation sites (tertiary alicyclic amines) is 1. The van der Waals surface area contributed by atoms with Crippen LogP contribution in [0.4, 0.5) is 5.69 Å². The predicted octanol–water partition coefficient (Wildman–Crippen LogP) is 3.84. The number of rotatable bonds is 8. The Morgan fingerprint density at radius 1 is 1.09 bits per heavy atom. The minimum atomic E-state index is -0.569. The van der Waals surface area contributed by atoms with Crippen LogP contribution in [-0.4, -0.2) is 55.2 Å². The topological polar surface area (TPSA) is 84.9 Å². The number of nitrogens with one attached hydrogen (secondary N) is 1. The number of piperidine rings is 1. The van der Waals surface area contributed by atoms with E-state index < -0.39 is 5.97 Å². The lowest BCUT2D eigenvalue weighted by Gasteiger charge is -2.30. The first kappa shape index (κ1) is 23.7. The molecule has 1 aliphatic heterocycles. The lowest BCUT2D eigenvalue weighted by molar-refractivity contribution is -0.135. The lowest BCUT2D eigenvalue weighted by Crippen LogP contribution is -2.40. The van der Waals surface area contributed by atoms with Gasteiger partial charge in [-0.05, 0) is 43.0 Å². The van der Waals surface area contributed by atoms with Crippen molar-refractivity contribution in [3.05, 3.63) is 54.1 Å². The van der Waals surface area contributed by atoms with Gasteiger partial charge in [0.15, 0.2) is 6.61 Å². The summed E-state index contributed by atoms with van der Waals surface area (Å²) in [6, 6.07) is 14.0. The number of ether oxygens (including phenoxy) is 2. The number of anilines is 1. The largest absolute Gasteiger partial charge is 0.497 e. The number of hydrogen-bond acceptors (Lipinski definition) is 6. The molecule has 0 aromatic heterocycles. The molecule has 1 saturated heterocycles. The third-order valence-electron chi connectivity index (χ3n) is 5.28. The van der Waals surface area contributed by atoms with E-state index in [1.165, 1.54) is 11.8 Å². The maximum absolute atomic E-state index is 12.6. The molecule has 1 fully saturated rings. The molecule has 2 amide bonds. The molecule has 3 rings (SSSR count). The standard InChI is InChI=1S/C24H28N2O5S/c1-17-10-12-26(13-11-17)23(28)15-31-24(29)20-8-3-4-9-21(20)32-16-22(27)25-18-6-5-7-19(14-18)30-2/h3-9,14,17H,10-13,15-16H2,1-2H3,(H,25,27). The van der Waals surface area contributed by atoms with Crippen LogP contribution in [-0.2, 0) is 14.3 Å². The van der Waals surface area contributed by atoms with Gasteiger partial charge in [-0.25, -0.2) is 4.79 Å². The molecule has 0 bridgehead atoms. The smallest absolute Gasteiger partial charge is 0.339 e. The number of amides is 2. The van der Waals surface area contributed by atoms with Gasteiger partial charge in [0, 0.05) is 29.7 Å². The van der Waals surface area contributed by atoms with Crippen LogP contribution in [0, 0.1) is 5.92 Å². The van der Waals surface area contributed by atoms with Crippen LogP contribution >= 0.6 is 11.8 Å². The molecule has 0 saturated carbocycles. The molecule has 1 heterocycles. The van der Waals surface area contributed by atoms with E-state index in [0.29, 0.717) is 40.9 Å². The van der Waals surface area contributed by atoms with E-state index in [4.69, 9.17) is 9.47 Å². The molecule has 0 radical (unpaired) electrons. The molecule has 2 aromatic carbocycles. The molecule has 8 heteroatoms. The quantitative estimate of drug-likeness (QED) is 0.480. The first-order valence-electron chi connectivity index (χ1n) is 10.6. The molecule has 0 atom stereocenters. The van der Waals surface area contributed by atoms with Crippen molar-refractivity contribution in [2.45, 2.75) is 24.7 Å². The van der Waals surface area contributed by atoms with Crippen LogP contribution < -0.4 is 10.1 Å². The van der Waals surface area contributed by atoms with E-state index in [1.54, 1.807) is 60.5 Å². The second-order valence-electron chi connectivity index (χ2n) is 7.70. The number of thioether (sulfide) groups is 1. The Hall–Kier alpha value is -3.00. The van der Waals surface area contributed by atoms with E-state index >= 15 is 0 Å². The number of carbonyl (C=O) groups is 3. The highest BCUT2D eigenvalue weighted by Crippen LogP contribution is 2.24. The highest BCUT2D eigenvalue weighted by Gasteiger charge is 2.22. The van der Waals surface area contributed by atoms with Crippen LogP contribution in [0.3, 0.4) is 0 Å². The molecular formula is C24H28N2O5S. The Morgan fingerprint density at radius 3 is 2.59 bits per heavy atom. The lowest BCUT2D eigenvalue weighted by atomic mass is 9.99. The first-order chi connectivity index (χ1) is 15.5. The van der Waals surface area contributed by atoms with Gasteiger partial charge in [-0.15, -0.1) is 11.8 Å². The third kappa shape index (κ3) is 6.75. The molecular weight excluding hydrogens is 428 g/mol. The van der Waals surface area contributed by atoms with E-state index in [9.17, 15) is 14.4 Å². The molecule has 0 unspecified atom stereocenters. The fourth-order valence-electron chi connectivity index (χ4n) is 3.36. The van der Waals surface area contributed by atoms with Gasteiger partial charge in [-0.2, -0.15) is 0 Å². The Balaban J connectivity index is 1.52. The highest BCUT2D eigenvalue weighted by atomic mass is 32.2. The van der Waals surface area contributed by atoms with Gasteiger partial charge in [0.2, 0.25) is 5.91 Å². The number of methoxy groups -OCH3 is 1. The van der Waals surface area contributed by atoms with Crippen molar-refractivity contribution in [1.82, 2.24) is 4.90 Å². The minimum Gasteiger partial charge on any atom is -0.497 e. The second kappa shape index (κ2) is 11.6. The van der Waals surface area contributed by atoms with E-state index in [1.807, 2.05) is 0 Å². The molecule has 2 aromatic rings. The van der Waals surface area contributed by atoms with Gasteiger partial charge in [-0.1, -0.05) is 25.1 Å². The highest BCUT2D eigenvalue weighted by molar-refractivity contribution is 8.00. The van der Waals surface area contributed by atoms with E-state index in [2.05, 4.69) is 12.2 Å². The fraction of sp³-hybridized carbons (Fsp3) is 0.375. The molecule has 1 aliphatic rings. The van der Waals surface area contributed by atoms with Gasteiger partial charge in [0.1, 0.15) is 5.75 Å². The van der Waals surface area contributed by atoms with Crippen molar-refractivity contribution in [2.75, 3.05) is 37.9 Å². The van der Waals surface area contributed by atoms with Crippen LogP contribution in [0.15, 0.2) is 53.4 Å². The molecule has 1 N–H and O–H groups in total. The van der Waals surface area contributed by atoms with Crippen LogP contribution in [0.2, 0.25) is 0 Å². The molecule has 0 aliphatic carbocycles. The van der Waals surface area contributed by atoms with Crippen LogP contribution in [0.1, 0.15) is 30.1 Å². The van der Waals surface area contributed by atoms with Gasteiger partial charge in [0.25, 0.3) is 5.91 Å². The summed E-state index contributed by atoms with van der Waals surface area (Å²) in [5, 5.41) is 2.81. The third-order valence-corrected chi connectivity index (χ3v) is 6.36. The van der Waals surface area contributed by atoms with E-state index in [0.717, 1.165) is 12.8 Å². The monoisotopic (exact) mass is 456 g/mol. The number of esters is 1. The van der Waals surface area contributed by atoms with Crippen molar-refractivity contribution in [1.29, 1.82) is 0 Å². The Morgan fingerprint density at radius 2 is 1.84 bits per heavy atom. The molecule has 0 spiro atoms.